The molecule has 0 aliphatic carbocycles. The molecular weight excluding hydrogens is 378 g/mol. The number of carbonyl (C=O) groups is 1. The van der Waals surface area contributed by atoms with Crippen molar-refractivity contribution in [2.24, 2.45) is 5.16 Å². The molecule has 1 saturated heterocycles. The molecule has 154 valence electrons. The Bertz CT molecular complexity index is 1030. The highest BCUT2D eigenvalue weighted by atomic mass is 16.6. The maximum Gasteiger partial charge on any atom is 0.266 e. The van der Waals surface area contributed by atoms with Gasteiger partial charge in [-0.2, -0.15) is 0 Å². The molecule has 6 nitrogen and oxygen atoms in total. The fourth-order valence-electron chi connectivity index (χ4n) is 4.29. The number of hydrogen-bond donors (Lipinski definition) is 0. The molecule has 3 heterocycles. The summed E-state index contributed by atoms with van der Waals surface area (Å²) >= 11 is 0. The first-order valence-electron chi connectivity index (χ1n) is 10.7. The molecule has 2 atom stereocenters. The van der Waals surface area contributed by atoms with Crippen LogP contribution in [0.15, 0.2) is 64.2 Å². The highest BCUT2D eigenvalue weighted by Crippen LogP contribution is 2.30. The molecule has 2 aliphatic rings. The summed E-state index contributed by atoms with van der Waals surface area (Å²) in [5.41, 5.74) is 3.90. The molecule has 0 spiro atoms. The van der Waals surface area contributed by atoms with Gasteiger partial charge in [-0.15, -0.1) is 0 Å². The molecule has 5 rings (SSSR count). The van der Waals surface area contributed by atoms with Crippen LogP contribution in [0, 0.1) is 0 Å². The van der Waals surface area contributed by atoms with Gasteiger partial charge in [-0.1, -0.05) is 47.6 Å². The van der Waals surface area contributed by atoms with E-state index in [0.29, 0.717) is 13.0 Å². The van der Waals surface area contributed by atoms with Crippen LogP contribution in [-0.2, 0) is 16.1 Å². The van der Waals surface area contributed by atoms with Crippen molar-refractivity contribution in [3.8, 4) is 0 Å². The number of oxime groups is 1. The summed E-state index contributed by atoms with van der Waals surface area (Å²) in [6.07, 6.45) is 3.71. The Labute approximate surface area is 175 Å². The van der Waals surface area contributed by atoms with Gasteiger partial charge in [0.15, 0.2) is 11.5 Å². The van der Waals surface area contributed by atoms with Crippen LogP contribution < -0.4 is 0 Å². The van der Waals surface area contributed by atoms with Gasteiger partial charge < -0.3 is 14.2 Å². The number of benzene rings is 2. The lowest BCUT2D eigenvalue weighted by Crippen LogP contribution is -2.44. The van der Waals surface area contributed by atoms with Crippen molar-refractivity contribution in [3.05, 3.63) is 66.1 Å². The standard InChI is InChI=1S/C24H25N3O3/c28-24(22-15-19(26-30-22)13-12-17-7-2-1-3-8-17)27-14-6-9-18(16-27)23-25-20-10-4-5-11-21(20)29-23/h1-5,7-8,10-11,18,22H,6,9,12-16H2/t18-,22+/m0/s1. The maximum atomic E-state index is 13.0. The van der Waals surface area contributed by atoms with Crippen LogP contribution in [0.3, 0.4) is 0 Å². The summed E-state index contributed by atoms with van der Waals surface area (Å²) in [6.45, 7) is 1.36. The lowest BCUT2D eigenvalue weighted by atomic mass is 9.97. The second-order valence-corrected chi connectivity index (χ2v) is 8.08. The van der Waals surface area contributed by atoms with Crippen LogP contribution >= 0.6 is 0 Å². The van der Waals surface area contributed by atoms with E-state index in [1.807, 2.05) is 47.4 Å². The topological polar surface area (TPSA) is 67.9 Å². The van der Waals surface area contributed by atoms with Crippen molar-refractivity contribution < 1.29 is 14.0 Å². The predicted octanol–water partition coefficient (Wildman–Crippen LogP) is 4.31. The fraction of sp³-hybridized carbons (Fsp3) is 0.375. The lowest BCUT2D eigenvalue weighted by Gasteiger charge is -2.32. The Hall–Kier alpha value is -3.15. The van der Waals surface area contributed by atoms with Gasteiger partial charge >= 0.3 is 0 Å². The van der Waals surface area contributed by atoms with E-state index in [4.69, 9.17) is 9.25 Å². The molecule has 2 aliphatic heterocycles. The van der Waals surface area contributed by atoms with E-state index in [0.717, 1.165) is 54.9 Å². The molecule has 3 aromatic rings. The number of piperidine rings is 1. The number of hydrogen-bond acceptors (Lipinski definition) is 5. The Balaban J connectivity index is 1.18. The zero-order chi connectivity index (χ0) is 20.3. The summed E-state index contributed by atoms with van der Waals surface area (Å²) in [7, 11) is 0. The number of aryl methyl sites for hydroxylation is 1. The Morgan fingerprint density at radius 1 is 1.07 bits per heavy atom. The van der Waals surface area contributed by atoms with Gasteiger partial charge in [-0.05, 0) is 43.4 Å². The number of amides is 1. The fourth-order valence-corrected chi connectivity index (χ4v) is 4.29. The Morgan fingerprint density at radius 3 is 2.77 bits per heavy atom. The van der Waals surface area contributed by atoms with Gasteiger partial charge in [0.1, 0.15) is 5.52 Å². The van der Waals surface area contributed by atoms with E-state index in [9.17, 15) is 4.79 Å². The normalized spacial score (nSPS) is 21.5. The number of rotatable bonds is 5. The van der Waals surface area contributed by atoms with E-state index in [1.54, 1.807) is 0 Å². The largest absolute Gasteiger partial charge is 0.440 e. The summed E-state index contributed by atoms with van der Waals surface area (Å²) in [5, 5.41) is 4.19. The summed E-state index contributed by atoms with van der Waals surface area (Å²) in [5.74, 6) is 0.866. The molecule has 0 saturated carbocycles. The minimum Gasteiger partial charge on any atom is -0.440 e. The monoisotopic (exact) mass is 403 g/mol. The highest BCUT2D eigenvalue weighted by molar-refractivity contribution is 5.93. The zero-order valence-electron chi connectivity index (χ0n) is 16.9. The second kappa shape index (κ2) is 8.30. The van der Waals surface area contributed by atoms with E-state index in [-0.39, 0.29) is 11.8 Å². The second-order valence-electron chi connectivity index (χ2n) is 8.08. The van der Waals surface area contributed by atoms with Crippen LogP contribution in [0.1, 0.15) is 43.1 Å². The minimum absolute atomic E-state index is 0.0225. The van der Waals surface area contributed by atoms with Crippen LogP contribution in [0.5, 0.6) is 0 Å². The van der Waals surface area contributed by atoms with E-state index >= 15 is 0 Å². The quantitative estimate of drug-likeness (QED) is 0.637. The van der Waals surface area contributed by atoms with Crippen molar-refractivity contribution in [2.45, 2.75) is 44.1 Å². The maximum absolute atomic E-state index is 13.0. The third kappa shape index (κ3) is 3.95. The Morgan fingerprint density at radius 2 is 1.90 bits per heavy atom. The third-order valence-corrected chi connectivity index (χ3v) is 5.94. The molecule has 0 bridgehead atoms. The van der Waals surface area contributed by atoms with Crippen LogP contribution in [0.25, 0.3) is 11.1 Å². The molecule has 30 heavy (non-hydrogen) atoms. The van der Waals surface area contributed by atoms with Crippen LogP contribution in [0.4, 0.5) is 0 Å². The van der Waals surface area contributed by atoms with E-state index in [1.165, 1.54) is 5.56 Å². The molecule has 0 radical (unpaired) electrons. The molecule has 0 N–H and O–H groups in total. The average Bonchev–Trinajstić information content (AvgIpc) is 3.45. The van der Waals surface area contributed by atoms with Gasteiger partial charge in [-0.25, -0.2) is 4.98 Å². The molecule has 0 unspecified atom stereocenters. The molecule has 2 aromatic carbocycles. The van der Waals surface area contributed by atoms with Gasteiger partial charge in [0, 0.05) is 19.5 Å². The number of para-hydroxylation sites is 2. The predicted molar refractivity (Wildman–Crippen MR) is 114 cm³/mol. The van der Waals surface area contributed by atoms with Gasteiger partial charge in [-0.3, -0.25) is 4.79 Å². The SMILES string of the molecule is O=C([C@H]1CC(CCc2ccccc2)=NO1)N1CCC[C@H](c2nc3ccccc3o2)C1. The summed E-state index contributed by atoms with van der Waals surface area (Å²) in [4.78, 5) is 25.1. The van der Waals surface area contributed by atoms with Crippen LogP contribution in [-0.4, -0.2) is 40.7 Å². The lowest BCUT2D eigenvalue weighted by molar-refractivity contribution is -0.143. The number of aromatic nitrogens is 1. The van der Waals surface area contributed by atoms with Crippen molar-refractivity contribution in [2.75, 3.05) is 13.1 Å². The first-order valence-corrected chi connectivity index (χ1v) is 10.7. The molecule has 1 aromatic heterocycles. The number of nitrogens with zero attached hydrogens (tertiary/aromatic N) is 3. The number of likely N-dealkylation sites (tertiary alicyclic amines) is 1. The molecule has 1 fully saturated rings. The van der Waals surface area contributed by atoms with Crippen molar-refractivity contribution in [1.29, 1.82) is 0 Å². The summed E-state index contributed by atoms with van der Waals surface area (Å²) in [6, 6.07) is 18.1. The molecule has 1 amide bonds. The van der Waals surface area contributed by atoms with Crippen molar-refractivity contribution in [3.63, 3.8) is 0 Å². The number of fused-ring (bicyclic) bond motifs is 1. The number of oxazole rings is 1. The van der Waals surface area contributed by atoms with Crippen molar-refractivity contribution >= 4 is 22.7 Å². The van der Waals surface area contributed by atoms with E-state index in [2.05, 4.69) is 22.3 Å². The van der Waals surface area contributed by atoms with E-state index < -0.39 is 6.10 Å². The van der Waals surface area contributed by atoms with Crippen molar-refractivity contribution in [1.82, 2.24) is 9.88 Å². The molecular formula is C24H25N3O3. The number of carbonyl (C=O) groups excluding carboxylic acids is 1. The van der Waals surface area contributed by atoms with Gasteiger partial charge in [0.05, 0.1) is 11.6 Å². The third-order valence-electron chi connectivity index (χ3n) is 5.94. The van der Waals surface area contributed by atoms with Gasteiger partial charge in [0.2, 0.25) is 6.10 Å². The zero-order valence-corrected chi connectivity index (χ0v) is 16.9. The van der Waals surface area contributed by atoms with Gasteiger partial charge in [0.25, 0.3) is 5.91 Å². The smallest absolute Gasteiger partial charge is 0.266 e. The Kier molecular flexibility index (Phi) is 5.22. The highest BCUT2D eigenvalue weighted by Gasteiger charge is 2.35. The van der Waals surface area contributed by atoms with Crippen LogP contribution in [0.2, 0.25) is 0 Å². The first kappa shape index (κ1) is 18.9. The summed E-state index contributed by atoms with van der Waals surface area (Å²) < 4.78 is 5.95. The average molecular weight is 403 g/mol. The first-order chi connectivity index (χ1) is 14.8. The molecule has 6 heteroatoms. The minimum atomic E-state index is -0.502.